The van der Waals surface area contributed by atoms with E-state index in [0.717, 1.165) is 11.8 Å². The van der Waals surface area contributed by atoms with E-state index in [2.05, 4.69) is 32.6 Å². The van der Waals surface area contributed by atoms with E-state index in [1.165, 1.54) is 32.4 Å². The van der Waals surface area contributed by atoms with Gasteiger partial charge in [-0.1, -0.05) is 13.8 Å². The van der Waals surface area contributed by atoms with Crippen LogP contribution in [0.3, 0.4) is 0 Å². The Morgan fingerprint density at radius 1 is 1.20 bits per heavy atom. The molecule has 0 bridgehead atoms. The first kappa shape index (κ1) is 13.0. The summed E-state index contributed by atoms with van der Waals surface area (Å²) in [5, 5.41) is 0. The molecule has 0 aromatic rings. The van der Waals surface area contributed by atoms with Crippen molar-refractivity contribution in [1.29, 1.82) is 0 Å². The first-order chi connectivity index (χ1) is 7.00. The van der Waals surface area contributed by atoms with E-state index in [1.54, 1.807) is 0 Å². The predicted molar refractivity (Wildman–Crippen MR) is 66.9 cm³/mol. The molecule has 1 aliphatic rings. The Hall–Kier alpha value is -0.0800. The molecule has 2 N–H and O–H groups in total. The van der Waals surface area contributed by atoms with Crippen molar-refractivity contribution >= 4 is 0 Å². The highest BCUT2D eigenvalue weighted by molar-refractivity contribution is 4.84. The molecular weight excluding hydrogens is 184 g/mol. The lowest BCUT2D eigenvalue weighted by atomic mass is 10.1. The van der Waals surface area contributed by atoms with E-state index < -0.39 is 0 Å². The molecule has 1 unspecified atom stereocenters. The Labute approximate surface area is 95.2 Å². The smallest absolute Gasteiger partial charge is 0.00793 e. The van der Waals surface area contributed by atoms with Gasteiger partial charge in [-0.2, -0.15) is 0 Å². The third-order valence-electron chi connectivity index (χ3n) is 3.31. The Morgan fingerprint density at radius 2 is 1.80 bits per heavy atom. The summed E-state index contributed by atoms with van der Waals surface area (Å²) in [6.45, 7) is 11.5. The quantitative estimate of drug-likeness (QED) is 0.702. The minimum absolute atomic E-state index is 0.457. The summed E-state index contributed by atoms with van der Waals surface area (Å²) < 4.78 is 0. The number of hydrogen-bond acceptors (Lipinski definition) is 2. The first-order valence-corrected chi connectivity index (χ1v) is 6.50. The number of hydrogen-bond donors (Lipinski definition) is 1. The van der Waals surface area contributed by atoms with Crippen LogP contribution in [0.15, 0.2) is 0 Å². The topological polar surface area (TPSA) is 29.3 Å². The van der Waals surface area contributed by atoms with E-state index in [1.807, 2.05) is 0 Å². The minimum atomic E-state index is 0.457. The van der Waals surface area contributed by atoms with Crippen LogP contribution in [0.2, 0.25) is 0 Å². The van der Waals surface area contributed by atoms with Gasteiger partial charge in [-0.25, -0.2) is 0 Å². The van der Waals surface area contributed by atoms with Crippen molar-refractivity contribution in [2.75, 3.05) is 13.1 Å². The highest BCUT2D eigenvalue weighted by atomic mass is 15.1. The Morgan fingerprint density at radius 3 is 2.20 bits per heavy atom. The summed E-state index contributed by atoms with van der Waals surface area (Å²) in [7, 11) is 0. The predicted octanol–water partition coefficient (Wildman–Crippen LogP) is 2.48. The fraction of sp³-hybridized carbons (Fsp3) is 1.00. The van der Waals surface area contributed by atoms with Crippen LogP contribution < -0.4 is 5.73 Å². The Bertz CT molecular complexity index is 173. The number of rotatable bonds is 7. The molecule has 2 nitrogen and oxygen atoms in total. The molecule has 1 aliphatic carbocycles. The summed E-state index contributed by atoms with van der Waals surface area (Å²) in [6, 6.07) is 1.11. The zero-order valence-electron chi connectivity index (χ0n) is 10.9. The molecule has 0 aliphatic heterocycles. The molecule has 0 heterocycles. The van der Waals surface area contributed by atoms with Crippen molar-refractivity contribution in [1.82, 2.24) is 4.90 Å². The van der Waals surface area contributed by atoms with Gasteiger partial charge in [0.15, 0.2) is 0 Å². The number of nitrogens with two attached hydrogens (primary N) is 1. The van der Waals surface area contributed by atoms with Gasteiger partial charge < -0.3 is 10.6 Å². The van der Waals surface area contributed by atoms with Gasteiger partial charge in [0.05, 0.1) is 0 Å². The van der Waals surface area contributed by atoms with Gasteiger partial charge in [-0.3, -0.25) is 0 Å². The van der Waals surface area contributed by atoms with E-state index in [0.29, 0.717) is 12.1 Å². The molecule has 1 saturated carbocycles. The van der Waals surface area contributed by atoms with Crippen molar-refractivity contribution in [3.63, 3.8) is 0 Å². The Balaban J connectivity index is 2.23. The van der Waals surface area contributed by atoms with Crippen LogP contribution in [0.4, 0.5) is 0 Å². The van der Waals surface area contributed by atoms with Gasteiger partial charge in [0.2, 0.25) is 0 Å². The molecular formula is C13H28N2. The number of nitrogens with zero attached hydrogens (tertiary/aromatic N) is 1. The summed E-state index contributed by atoms with van der Waals surface area (Å²) in [5.74, 6) is 1.60. The maximum absolute atomic E-state index is 6.13. The highest BCUT2D eigenvalue weighted by Gasteiger charge is 2.28. The summed E-state index contributed by atoms with van der Waals surface area (Å²) >= 11 is 0. The third-order valence-corrected chi connectivity index (χ3v) is 3.31. The van der Waals surface area contributed by atoms with E-state index >= 15 is 0 Å². The SMILES string of the molecule is CC(C)CN(CCC(N)C1CC1)C(C)C. The molecule has 0 aromatic heterocycles. The molecule has 0 aromatic carbocycles. The molecule has 0 saturated heterocycles. The van der Waals surface area contributed by atoms with Gasteiger partial charge in [-0.15, -0.1) is 0 Å². The minimum Gasteiger partial charge on any atom is -0.327 e. The van der Waals surface area contributed by atoms with E-state index in [-0.39, 0.29) is 0 Å². The lowest BCUT2D eigenvalue weighted by molar-refractivity contribution is 0.189. The summed E-state index contributed by atoms with van der Waals surface area (Å²) in [5.41, 5.74) is 6.13. The van der Waals surface area contributed by atoms with E-state index in [4.69, 9.17) is 5.73 Å². The van der Waals surface area contributed by atoms with Crippen molar-refractivity contribution in [2.24, 2.45) is 17.6 Å². The maximum Gasteiger partial charge on any atom is 0.00793 e. The lowest BCUT2D eigenvalue weighted by Crippen LogP contribution is -2.38. The second kappa shape index (κ2) is 5.86. The maximum atomic E-state index is 6.13. The van der Waals surface area contributed by atoms with Crippen LogP contribution in [0.1, 0.15) is 47.0 Å². The summed E-state index contributed by atoms with van der Waals surface area (Å²) in [4.78, 5) is 2.56. The third kappa shape index (κ3) is 4.98. The molecule has 2 heteroatoms. The first-order valence-electron chi connectivity index (χ1n) is 6.50. The molecule has 0 amide bonds. The largest absolute Gasteiger partial charge is 0.327 e. The van der Waals surface area contributed by atoms with Gasteiger partial charge in [0.25, 0.3) is 0 Å². The van der Waals surface area contributed by atoms with Gasteiger partial charge in [0.1, 0.15) is 0 Å². The average molecular weight is 212 g/mol. The standard InChI is InChI=1S/C13H28N2/c1-10(2)9-15(11(3)4)8-7-13(14)12-5-6-12/h10-13H,5-9,14H2,1-4H3. The molecule has 1 atom stereocenters. The van der Waals surface area contributed by atoms with Gasteiger partial charge >= 0.3 is 0 Å². The van der Waals surface area contributed by atoms with Crippen LogP contribution in [-0.2, 0) is 0 Å². The van der Waals surface area contributed by atoms with Gasteiger partial charge in [-0.05, 0) is 51.5 Å². The second-order valence-corrected chi connectivity index (χ2v) is 5.77. The highest BCUT2D eigenvalue weighted by Crippen LogP contribution is 2.32. The van der Waals surface area contributed by atoms with Crippen LogP contribution in [-0.4, -0.2) is 30.1 Å². The monoisotopic (exact) mass is 212 g/mol. The fourth-order valence-electron chi connectivity index (χ4n) is 2.10. The molecule has 0 spiro atoms. The van der Waals surface area contributed by atoms with Gasteiger partial charge in [0, 0.05) is 18.6 Å². The van der Waals surface area contributed by atoms with Crippen LogP contribution in [0.25, 0.3) is 0 Å². The zero-order chi connectivity index (χ0) is 11.4. The van der Waals surface area contributed by atoms with Crippen molar-refractivity contribution in [2.45, 2.75) is 59.0 Å². The normalized spacial score (nSPS) is 19.2. The van der Waals surface area contributed by atoms with Crippen molar-refractivity contribution in [3.8, 4) is 0 Å². The fourth-order valence-corrected chi connectivity index (χ4v) is 2.10. The summed E-state index contributed by atoms with van der Waals surface area (Å²) in [6.07, 6.45) is 3.91. The average Bonchev–Trinajstić information content (AvgIpc) is 2.93. The van der Waals surface area contributed by atoms with Crippen LogP contribution in [0, 0.1) is 11.8 Å². The Kier molecular flexibility index (Phi) is 5.07. The molecule has 0 radical (unpaired) electrons. The molecule has 15 heavy (non-hydrogen) atoms. The van der Waals surface area contributed by atoms with Crippen LogP contribution >= 0.6 is 0 Å². The molecule has 1 fully saturated rings. The van der Waals surface area contributed by atoms with Crippen molar-refractivity contribution in [3.05, 3.63) is 0 Å². The zero-order valence-corrected chi connectivity index (χ0v) is 10.9. The molecule has 90 valence electrons. The second-order valence-electron chi connectivity index (χ2n) is 5.77. The lowest BCUT2D eigenvalue weighted by Gasteiger charge is -2.29. The van der Waals surface area contributed by atoms with E-state index in [9.17, 15) is 0 Å². The van der Waals surface area contributed by atoms with Crippen LogP contribution in [0.5, 0.6) is 0 Å². The molecule has 1 rings (SSSR count). The van der Waals surface area contributed by atoms with Crippen molar-refractivity contribution < 1.29 is 0 Å².